The summed E-state index contributed by atoms with van der Waals surface area (Å²) in [4.78, 5) is 145. The molecule has 830 valence electrons. The molecule has 143 heavy (non-hydrogen) atoms. The van der Waals surface area contributed by atoms with Crippen LogP contribution in [0.3, 0.4) is 0 Å². The Labute approximate surface area is 853 Å². The van der Waals surface area contributed by atoms with E-state index >= 15 is 0 Å². The highest BCUT2D eigenvalue weighted by atomic mass is 16.7. The molecule has 7 saturated heterocycles. The Morgan fingerprint density at radius 3 is 0.860 bits per heavy atom. The lowest BCUT2D eigenvalue weighted by atomic mass is 9.69. The van der Waals surface area contributed by atoms with Crippen LogP contribution in [0, 0.1) is 124 Å². The van der Waals surface area contributed by atoms with Gasteiger partial charge in [0, 0.05) is 113 Å². The summed E-state index contributed by atoms with van der Waals surface area (Å²) >= 11 is 0. The number of esters is 5. The molecule has 34 heteroatoms. The van der Waals surface area contributed by atoms with E-state index in [4.69, 9.17) is 66.3 Å². The number of hydrogen-bond donors (Lipinski definition) is 9. The first-order valence-electron chi connectivity index (χ1n) is 52.4. The van der Waals surface area contributed by atoms with E-state index in [9.17, 15) is 98.7 Å². The van der Waals surface area contributed by atoms with Gasteiger partial charge in [0.15, 0.2) is 12.6 Å². The molecule has 0 aromatic carbocycles. The number of cyclic esters (lactones) is 4. The number of carbonyl (C=O) groups excluding carboxylic acids is 11. The largest absolute Gasteiger partial charge is 0.459 e. The number of aliphatic hydroxyl groups excluding tert-OH is 5. The van der Waals surface area contributed by atoms with Crippen molar-refractivity contribution in [1.82, 2.24) is 0 Å². The zero-order chi connectivity index (χ0) is 111. The summed E-state index contributed by atoms with van der Waals surface area (Å²) in [5.41, 5.74) is -12.3. The fourth-order valence-corrected chi connectivity index (χ4v) is 23.6. The molecule has 0 bridgehead atoms. The predicted molar refractivity (Wildman–Crippen MR) is 532 cm³/mol. The van der Waals surface area contributed by atoms with Gasteiger partial charge in [0.25, 0.3) is 0 Å². The van der Waals surface area contributed by atoms with E-state index < -0.39 is 272 Å². The van der Waals surface area contributed by atoms with Crippen molar-refractivity contribution < 1.29 is 165 Å². The minimum absolute atomic E-state index is 0.0144. The minimum atomic E-state index is -1.90. The monoisotopic (exact) mass is 2040 g/mol. The van der Waals surface area contributed by atoms with Gasteiger partial charge in [-0.3, -0.25) is 52.7 Å². The van der Waals surface area contributed by atoms with E-state index in [1.807, 2.05) is 90.0 Å². The second kappa shape index (κ2) is 51.6. The quantitative estimate of drug-likeness (QED) is 0.0470. The van der Waals surface area contributed by atoms with Crippen molar-refractivity contribution in [2.45, 2.75) is 468 Å². The molecule has 7 aliphatic heterocycles. The molecule has 7 aliphatic rings. The van der Waals surface area contributed by atoms with E-state index in [0.29, 0.717) is 25.7 Å². The van der Waals surface area contributed by atoms with Crippen LogP contribution in [0.5, 0.6) is 0 Å². The Morgan fingerprint density at radius 2 is 0.566 bits per heavy atom. The number of methoxy groups -OCH3 is 5. The van der Waals surface area contributed by atoms with Crippen molar-refractivity contribution >= 4 is 64.5 Å². The molecular formula is C109H190O34. The second-order valence-corrected chi connectivity index (χ2v) is 46.3. The number of ketones is 6. The number of hydrogen-bond acceptors (Lipinski definition) is 34. The van der Waals surface area contributed by atoms with Gasteiger partial charge in [-0.15, -0.1) is 0 Å². The van der Waals surface area contributed by atoms with Crippen LogP contribution in [0.4, 0.5) is 0 Å². The maximum atomic E-state index is 13.7. The van der Waals surface area contributed by atoms with Gasteiger partial charge in [-0.2, -0.15) is 0 Å². The van der Waals surface area contributed by atoms with Crippen LogP contribution in [0.15, 0.2) is 0 Å². The van der Waals surface area contributed by atoms with Crippen LogP contribution in [0.2, 0.25) is 0 Å². The van der Waals surface area contributed by atoms with Crippen molar-refractivity contribution in [3.63, 3.8) is 0 Å². The van der Waals surface area contributed by atoms with Gasteiger partial charge in [0.2, 0.25) is 0 Å². The summed E-state index contributed by atoms with van der Waals surface area (Å²) in [6, 6.07) is 0. The first-order valence-corrected chi connectivity index (χ1v) is 52.4. The van der Waals surface area contributed by atoms with Gasteiger partial charge in [0.05, 0.1) is 94.6 Å². The molecule has 0 aliphatic carbocycles. The molecule has 0 amide bonds. The summed E-state index contributed by atoms with van der Waals surface area (Å²) < 4.78 is 82.6. The topological polar surface area (TPSA) is 499 Å². The molecule has 0 unspecified atom stereocenters. The average Bonchev–Trinajstić information content (AvgIpc) is 1.66. The van der Waals surface area contributed by atoms with Crippen molar-refractivity contribution in [1.29, 1.82) is 0 Å². The number of aliphatic hydroxyl groups is 9. The molecule has 0 saturated carbocycles. The average molecular weight is 2040 g/mol. The van der Waals surface area contributed by atoms with Gasteiger partial charge >= 0.3 is 29.8 Å². The predicted octanol–water partition coefficient (Wildman–Crippen LogP) is 12.2. The van der Waals surface area contributed by atoms with E-state index in [0.717, 1.165) is 0 Å². The smallest absolute Gasteiger partial charge is 0.316 e. The standard InChI is InChI=1S/C31H56O10.C30H54O10.C25H40O7.C23H40O7/c1-13-22-31(10,36)26(33)18(4)24(32)16(2)14-29(8,37-11)20(6)17(3)25(19(5)28(35)40-22)41-23-15-30(9,38-12)27(34)21(7)39-23;1-12-21-30(10,36)25(32)17(4)23(31)15(2)13-28(8,35)19(6)16(3)24(18(5)27(34)39-21)40-22-14-29(9,37-11)26(33)20(7)38-22;1-10-19-25(8)18(11-20(26)32-25)15(4)21(27)13(2)12-24(7,30-9)17(6)14(3)22(28)16(5)23(29)31-19;1-10-17-23(8,28)20(26)14(4)18(24)12(2)11-22(7,29-9)16(6)13(3)19(25)15(5)21(27)30-17/h16-23,25-27,33-34,36H,13-15H2,1-12H3;15-22,24-26,32-33,35-36H,12-14H2,1-11H3;13-19H,10-12H2,1-9H3;12-17,20,26,28H,10-11H2,1-9H3/t16-,17-,18+,19-,20-,21+,22-,23+,25+,26-,27+,29-,30-,31-;15-,16-,17+,18-,19-,20+,21-,22+,24+,25-,26+,28-,29-,30-;13-,14-,15-,16-,17-,18-,19-,24-,25+;12-,13-,14+,15-,16-,17-,20-,22-,23-/m1111/s1. The second-order valence-electron chi connectivity index (χ2n) is 46.3. The van der Waals surface area contributed by atoms with Gasteiger partial charge in [0.1, 0.15) is 106 Å². The third kappa shape index (κ3) is 28.9. The van der Waals surface area contributed by atoms with Crippen LogP contribution >= 0.6 is 0 Å². The minimum Gasteiger partial charge on any atom is -0.459 e. The van der Waals surface area contributed by atoms with Gasteiger partial charge in [-0.25, -0.2) is 0 Å². The van der Waals surface area contributed by atoms with Crippen LogP contribution in [0.1, 0.15) is 320 Å². The Balaban J connectivity index is 0.000000401. The Hall–Kier alpha value is -5.35. The molecule has 0 aromatic rings. The number of ether oxygens (including phenoxy) is 14. The SMILES string of the molecule is CC[C@H]1OC(=O)[C@H](C)C(=O)[C@H](C)[C@@H](C)[C@](C)(OC)C[C@@H](C)C(=O)[C@H](C)[C@@H](O)[C@]1(C)O.CC[C@H]1OC(=O)[C@H](C)C(=O)[C@H](C)[C@@H](C)[C@](C)(OC)C[C@@H](C)C(=O)[C@H](C)[C@H]2CC(=O)O[C@@]21C.CC[C@H]1OC(=O)[C@H](C)[C@@H](O[C@H]2C[C@@](C)(OC)[C@@H](O)[C@H](C)O2)[C@H](C)[C@@H](C)[C@](C)(O)C[C@@H](C)C(=O)[C@H](C)[C@@H](O)[C@]1(C)O.CC[C@H]1OC(=O)[C@H](C)[C@@H](O[C@H]2C[C@@](C)(OC)[C@@H](O)[C@H](C)O2)[C@H](C)[C@@H](C)[C@](C)(OC)C[C@@H](C)C(=O)[C@H](C)[C@@H](O)[C@]1(C)O. The Morgan fingerprint density at radius 1 is 0.301 bits per heavy atom. The molecule has 9 N–H and O–H groups in total. The molecule has 34 nitrogen and oxygen atoms in total. The van der Waals surface area contributed by atoms with Gasteiger partial charge in [-0.05, 0) is 198 Å². The number of carbonyl (C=O) groups is 11. The molecule has 7 fully saturated rings. The normalized spacial score (nSPS) is 47.6. The van der Waals surface area contributed by atoms with Crippen LogP contribution in [-0.2, 0) is 119 Å². The maximum Gasteiger partial charge on any atom is 0.316 e. The lowest BCUT2D eigenvalue weighted by molar-refractivity contribution is -0.298. The molecule has 0 aromatic heterocycles. The van der Waals surface area contributed by atoms with Crippen molar-refractivity contribution in [2.24, 2.45) is 124 Å². The highest BCUT2D eigenvalue weighted by Crippen LogP contribution is 2.50. The summed E-state index contributed by atoms with van der Waals surface area (Å²) in [7, 11) is 7.77. The number of Topliss-reactive ketones (excluding diaryl/α,β-unsaturated/α-hetero) is 6. The fraction of sp³-hybridized carbons (Fsp3) is 0.899. The molecule has 0 radical (unpaired) electrons. The lowest BCUT2D eigenvalue weighted by Crippen LogP contribution is -2.58. The first kappa shape index (κ1) is 130. The van der Waals surface area contributed by atoms with E-state index in [2.05, 4.69) is 0 Å². The Bertz CT molecular complexity index is 4210. The Kier molecular flexibility index (Phi) is 46.9. The first-order chi connectivity index (χ1) is 65.4. The van der Waals surface area contributed by atoms with Crippen LogP contribution in [0.25, 0.3) is 0 Å². The molecular weight excluding hydrogens is 1850 g/mol. The van der Waals surface area contributed by atoms with E-state index in [1.165, 1.54) is 41.9 Å². The van der Waals surface area contributed by atoms with Gasteiger partial charge in [-0.1, -0.05) is 138 Å². The summed E-state index contributed by atoms with van der Waals surface area (Å²) in [5.74, 6) is -16.2. The van der Waals surface area contributed by atoms with Crippen molar-refractivity contribution in [3.8, 4) is 0 Å². The maximum absolute atomic E-state index is 13.7. The molecule has 0 spiro atoms. The van der Waals surface area contributed by atoms with Crippen molar-refractivity contribution in [3.05, 3.63) is 0 Å². The fourth-order valence-electron chi connectivity index (χ4n) is 23.6. The molecule has 7 rings (SSSR count). The molecule has 7 heterocycles. The lowest BCUT2D eigenvalue weighted by Gasteiger charge is -2.47. The highest BCUT2D eigenvalue weighted by Gasteiger charge is 2.60. The number of rotatable bonds is 13. The molecule has 46 atom stereocenters. The summed E-state index contributed by atoms with van der Waals surface area (Å²) in [6.45, 7) is 62.5. The van der Waals surface area contributed by atoms with E-state index in [1.54, 1.807) is 153 Å². The van der Waals surface area contributed by atoms with Crippen molar-refractivity contribution in [2.75, 3.05) is 35.5 Å². The van der Waals surface area contributed by atoms with Crippen LogP contribution in [-0.4, -0.2) is 294 Å². The third-order valence-corrected chi connectivity index (χ3v) is 36.1. The third-order valence-electron chi connectivity index (χ3n) is 36.1. The van der Waals surface area contributed by atoms with E-state index in [-0.39, 0.29) is 109 Å². The highest BCUT2D eigenvalue weighted by molar-refractivity contribution is 6.01. The zero-order valence-electron chi connectivity index (χ0n) is 94.3. The number of fused-ring (bicyclic) bond motifs is 1. The van der Waals surface area contributed by atoms with Crippen LogP contribution < -0.4 is 0 Å². The summed E-state index contributed by atoms with van der Waals surface area (Å²) in [6.07, 6.45) is -11.6. The zero-order valence-corrected chi connectivity index (χ0v) is 94.3. The van der Waals surface area contributed by atoms with Gasteiger partial charge < -0.3 is 112 Å². The summed E-state index contributed by atoms with van der Waals surface area (Å²) in [5, 5.41) is 99.7.